The van der Waals surface area contributed by atoms with Gasteiger partial charge in [-0.25, -0.2) is 4.39 Å². The predicted octanol–water partition coefficient (Wildman–Crippen LogP) is 2.39. The summed E-state index contributed by atoms with van der Waals surface area (Å²) in [5, 5.41) is 0. The number of likely N-dealkylation sites (tertiary alicyclic amines) is 1. The summed E-state index contributed by atoms with van der Waals surface area (Å²) in [5.74, 6) is 0.0166. The van der Waals surface area contributed by atoms with Crippen molar-refractivity contribution in [1.29, 1.82) is 0 Å². The van der Waals surface area contributed by atoms with Gasteiger partial charge in [-0.05, 0) is 44.0 Å². The first-order valence-electron chi connectivity index (χ1n) is 9.56. The van der Waals surface area contributed by atoms with Crippen molar-refractivity contribution in [3.05, 3.63) is 35.6 Å². The standard InChI is InChI=1S/C20H30FN3O/c1-22-12-14-23(15-13-22)19-4-2-3-11-24(16-19)20(25)10-7-17-5-8-18(21)9-6-17/h5-6,8-9,19H,2-4,7,10-16H2,1H3/t19-/m0/s1. The number of rotatable bonds is 4. The summed E-state index contributed by atoms with van der Waals surface area (Å²) in [7, 11) is 2.18. The van der Waals surface area contributed by atoms with E-state index in [0.29, 0.717) is 18.9 Å². The Balaban J connectivity index is 1.52. The van der Waals surface area contributed by atoms with Gasteiger partial charge < -0.3 is 9.80 Å². The van der Waals surface area contributed by atoms with Crippen molar-refractivity contribution in [3.63, 3.8) is 0 Å². The van der Waals surface area contributed by atoms with Gasteiger partial charge >= 0.3 is 0 Å². The summed E-state index contributed by atoms with van der Waals surface area (Å²) in [6, 6.07) is 6.99. The maximum atomic E-state index is 13.0. The van der Waals surface area contributed by atoms with Crippen LogP contribution in [-0.4, -0.2) is 73.0 Å². The molecular formula is C20H30FN3O. The minimum absolute atomic E-state index is 0.224. The van der Waals surface area contributed by atoms with E-state index in [1.54, 1.807) is 12.1 Å². The molecule has 1 aromatic rings. The van der Waals surface area contributed by atoms with E-state index in [0.717, 1.165) is 51.3 Å². The second-order valence-electron chi connectivity index (χ2n) is 7.46. The molecule has 2 aliphatic rings. The van der Waals surface area contributed by atoms with Crippen molar-refractivity contribution in [1.82, 2.24) is 14.7 Å². The lowest BCUT2D eigenvalue weighted by molar-refractivity contribution is -0.131. The van der Waals surface area contributed by atoms with Crippen LogP contribution in [-0.2, 0) is 11.2 Å². The highest BCUT2D eigenvalue weighted by Crippen LogP contribution is 2.18. The molecule has 0 N–H and O–H groups in total. The Morgan fingerprint density at radius 1 is 1.08 bits per heavy atom. The predicted molar refractivity (Wildman–Crippen MR) is 98.0 cm³/mol. The van der Waals surface area contributed by atoms with Crippen molar-refractivity contribution < 1.29 is 9.18 Å². The van der Waals surface area contributed by atoms with Crippen LogP contribution in [0.3, 0.4) is 0 Å². The van der Waals surface area contributed by atoms with Crippen LogP contribution in [0.4, 0.5) is 4.39 Å². The minimum atomic E-state index is -0.224. The number of carbonyl (C=O) groups excluding carboxylic acids is 1. The summed E-state index contributed by atoms with van der Waals surface area (Å²) in [5.41, 5.74) is 1.03. The molecule has 3 rings (SSSR count). The van der Waals surface area contributed by atoms with Crippen LogP contribution in [0.5, 0.6) is 0 Å². The van der Waals surface area contributed by atoms with Crippen LogP contribution in [0.2, 0.25) is 0 Å². The number of nitrogens with zero attached hydrogens (tertiary/aromatic N) is 3. The normalized spacial score (nSPS) is 23.4. The van der Waals surface area contributed by atoms with Gasteiger partial charge in [-0.3, -0.25) is 9.69 Å². The molecule has 1 amide bonds. The van der Waals surface area contributed by atoms with Crippen LogP contribution >= 0.6 is 0 Å². The van der Waals surface area contributed by atoms with Gasteiger partial charge in [0.25, 0.3) is 0 Å². The third kappa shape index (κ3) is 5.25. The molecule has 138 valence electrons. The summed E-state index contributed by atoms with van der Waals surface area (Å²) in [6.45, 7) is 6.21. The zero-order chi connectivity index (χ0) is 17.6. The molecule has 0 radical (unpaired) electrons. The highest BCUT2D eigenvalue weighted by molar-refractivity contribution is 5.76. The monoisotopic (exact) mass is 347 g/mol. The van der Waals surface area contributed by atoms with Crippen molar-refractivity contribution >= 4 is 5.91 Å². The van der Waals surface area contributed by atoms with E-state index in [9.17, 15) is 9.18 Å². The number of amides is 1. The lowest BCUT2D eigenvalue weighted by Crippen LogP contribution is -2.52. The van der Waals surface area contributed by atoms with Crippen LogP contribution in [0, 0.1) is 5.82 Å². The van der Waals surface area contributed by atoms with Crippen molar-refractivity contribution in [2.45, 2.75) is 38.1 Å². The van der Waals surface area contributed by atoms with Crippen LogP contribution in [0.15, 0.2) is 24.3 Å². The highest BCUT2D eigenvalue weighted by Gasteiger charge is 2.27. The van der Waals surface area contributed by atoms with Crippen molar-refractivity contribution in [2.75, 3.05) is 46.3 Å². The number of piperazine rings is 1. The maximum absolute atomic E-state index is 13.0. The second-order valence-corrected chi connectivity index (χ2v) is 7.46. The Labute approximate surface area is 150 Å². The van der Waals surface area contributed by atoms with E-state index in [2.05, 4.69) is 21.7 Å². The molecular weight excluding hydrogens is 317 g/mol. The Bertz CT molecular complexity index is 555. The molecule has 4 nitrogen and oxygen atoms in total. The van der Waals surface area contributed by atoms with Crippen molar-refractivity contribution in [2.24, 2.45) is 0 Å². The molecule has 2 fully saturated rings. The fraction of sp³-hybridized carbons (Fsp3) is 0.650. The summed E-state index contributed by atoms with van der Waals surface area (Å²) in [4.78, 5) is 19.7. The molecule has 1 atom stereocenters. The van der Waals surface area contributed by atoms with Gasteiger partial charge in [-0.15, -0.1) is 0 Å². The van der Waals surface area contributed by atoms with Crippen LogP contribution < -0.4 is 0 Å². The number of halogens is 1. The molecule has 0 spiro atoms. The summed E-state index contributed by atoms with van der Waals surface area (Å²) < 4.78 is 13.0. The number of carbonyl (C=O) groups is 1. The minimum Gasteiger partial charge on any atom is -0.341 e. The smallest absolute Gasteiger partial charge is 0.222 e. The first kappa shape index (κ1) is 18.3. The Morgan fingerprint density at radius 2 is 1.80 bits per heavy atom. The van der Waals surface area contributed by atoms with Gasteiger partial charge in [-0.1, -0.05) is 18.6 Å². The SMILES string of the molecule is CN1CCN([C@H]2CCCCN(C(=O)CCc3ccc(F)cc3)C2)CC1. The second kappa shape index (κ2) is 8.77. The van der Waals surface area contributed by atoms with Gasteiger partial charge in [0.1, 0.15) is 5.82 Å². The third-order valence-electron chi connectivity index (χ3n) is 5.59. The van der Waals surface area contributed by atoms with E-state index < -0.39 is 0 Å². The lowest BCUT2D eigenvalue weighted by atomic mass is 10.1. The van der Waals surface area contributed by atoms with Gasteiger partial charge in [0, 0.05) is 51.7 Å². The average Bonchev–Trinajstić information content (AvgIpc) is 2.88. The largest absolute Gasteiger partial charge is 0.341 e. The third-order valence-corrected chi connectivity index (χ3v) is 5.59. The maximum Gasteiger partial charge on any atom is 0.222 e. The first-order valence-corrected chi connectivity index (χ1v) is 9.56. The fourth-order valence-corrected chi connectivity index (χ4v) is 3.89. The molecule has 5 heteroatoms. The molecule has 0 bridgehead atoms. The topological polar surface area (TPSA) is 26.8 Å². The molecule has 1 aromatic carbocycles. The van der Waals surface area contributed by atoms with E-state index in [1.165, 1.54) is 25.0 Å². The average molecular weight is 347 g/mol. The van der Waals surface area contributed by atoms with Gasteiger partial charge in [-0.2, -0.15) is 0 Å². The Hall–Kier alpha value is -1.46. The first-order chi connectivity index (χ1) is 12.1. The highest BCUT2D eigenvalue weighted by atomic mass is 19.1. The number of hydrogen-bond acceptors (Lipinski definition) is 3. The molecule has 0 aromatic heterocycles. The zero-order valence-electron chi connectivity index (χ0n) is 15.3. The van der Waals surface area contributed by atoms with Crippen LogP contribution in [0.25, 0.3) is 0 Å². The quantitative estimate of drug-likeness (QED) is 0.837. The lowest BCUT2D eigenvalue weighted by Gasteiger charge is -2.39. The summed E-state index contributed by atoms with van der Waals surface area (Å²) in [6.07, 6.45) is 4.71. The van der Waals surface area contributed by atoms with E-state index in [1.807, 2.05) is 0 Å². The molecule has 2 aliphatic heterocycles. The fourth-order valence-electron chi connectivity index (χ4n) is 3.89. The molecule has 0 aliphatic carbocycles. The van der Waals surface area contributed by atoms with E-state index >= 15 is 0 Å². The van der Waals surface area contributed by atoms with Gasteiger partial charge in [0.05, 0.1) is 0 Å². The number of likely N-dealkylation sites (N-methyl/N-ethyl adjacent to an activating group) is 1. The molecule has 25 heavy (non-hydrogen) atoms. The molecule has 0 saturated carbocycles. The molecule has 2 heterocycles. The van der Waals surface area contributed by atoms with E-state index in [-0.39, 0.29) is 11.7 Å². The van der Waals surface area contributed by atoms with E-state index in [4.69, 9.17) is 0 Å². The van der Waals surface area contributed by atoms with Crippen LogP contribution in [0.1, 0.15) is 31.2 Å². The number of hydrogen-bond donors (Lipinski definition) is 0. The number of benzene rings is 1. The van der Waals surface area contributed by atoms with Gasteiger partial charge in [0.2, 0.25) is 5.91 Å². The molecule has 0 unspecified atom stereocenters. The summed E-state index contributed by atoms with van der Waals surface area (Å²) >= 11 is 0. The Morgan fingerprint density at radius 3 is 2.52 bits per heavy atom. The van der Waals surface area contributed by atoms with Gasteiger partial charge in [0.15, 0.2) is 0 Å². The molecule has 2 saturated heterocycles. The van der Waals surface area contributed by atoms with Crippen molar-refractivity contribution in [3.8, 4) is 0 Å². The zero-order valence-corrected chi connectivity index (χ0v) is 15.3. The Kier molecular flexibility index (Phi) is 6.43. The number of aryl methyl sites for hydroxylation is 1.